The summed E-state index contributed by atoms with van der Waals surface area (Å²) < 4.78 is 4.86. The quantitative estimate of drug-likeness (QED) is 0.817. The minimum atomic E-state index is -0.690. The average molecular weight is 353 g/mol. The zero-order valence-electron chi connectivity index (χ0n) is 13.6. The summed E-state index contributed by atoms with van der Waals surface area (Å²) in [5.74, 6) is 0.262. The summed E-state index contributed by atoms with van der Waals surface area (Å²) in [6.45, 7) is 1.62. The van der Waals surface area contributed by atoms with Gasteiger partial charge < -0.3 is 20.5 Å². The molecule has 1 unspecified atom stereocenters. The zero-order chi connectivity index (χ0) is 16.8. The van der Waals surface area contributed by atoms with Crippen LogP contribution in [0.25, 0.3) is 0 Å². The smallest absolute Gasteiger partial charge is 0.245 e. The summed E-state index contributed by atoms with van der Waals surface area (Å²) >= 11 is 0. The highest BCUT2D eigenvalue weighted by Gasteiger charge is 2.20. The lowest BCUT2D eigenvalue weighted by Gasteiger charge is -2.20. The van der Waals surface area contributed by atoms with E-state index in [9.17, 15) is 9.59 Å². The largest absolute Gasteiger partial charge is 0.360 e. The maximum atomic E-state index is 12.2. The molecule has 0 saturated heterocycles. The van der Waals surface area contributed by atoms with Crippen LogP contribution < -0.4 is 11.1 Å². The van der Waals surface area contributed by atoms with E-state index in [1.54, 1.807) is 20.0 Å². The molecule has 0 radical (unpaired) electrons. The van der Waals surface area contributed by atoms with Crippen molar-refractivity contribution in [2.75, 3.05) is 18.9 Å². The summed E-state index contributed by atoms with van der Waals surface area (Å²) in [6.07, 6.45) is 0.425. The van der Waals surface area contributed by atoms with E-state index in [0.29, 0.717) is 18.0 Å². The lowest BCUT2D eigenvalue weighted by Crippen LogP contribution is -2.45. The molecule has 0 aliphatic carbocycles. The van der Waals surface area contributed by atoms with Crippen LogP contribution in [0.15, 0.2) is 40.9 Å². The van der Waals surface area contributed by atoms with Crippen molar-refractivity contribution in [3.8, 4) is 0 Å². The zero-order valence-corrected chi connectivity index (χ0v) is 14.4. The molecule has 0 aliphatic rings. The number of hydrogen-bond acceptors (Lipinski definition) is 5. The van der Waals surface area contributed by atoms with Crippen LogP contribution in [0.1, 0.15) is 11.3 Å². The molecule has 1 aromatic carbocycles. The third-order valence-corrected chi connectivity index (χ3v) is 3.27. The summed E-state index contributed by atoms with van der Waals surface area (Å²) in [6, 6.07) is 10.4. The highest BCUT2D eigenvalue weighted by molar-refractivity contribution is 5.94. The summed E-state index contributed by atoms with van der Waals surface area (Å²) in [7, 11) is 1.54. The molecular weight excluding hydrogens is 332 g/mol. The minimum Gasteiger partial charge on any atom is -0.360 e. The number of aryl methyl sites for hydroxylation is 1. The van der Waals surface area contributed by atoms with Crippen molar-refractivity contribution in [2.24, 2.45) is 5.73 Å². The van der Waals surface area contributed by atoms with Crippen LogP contribution in [0, 0.1) is 6.92 Å². The summed E-state index contributed by atoms with van der Waals surface area (Å²) in [4.78, 5) is 25.4. The number of rotatable bonds is 6. The summed E-state index contributed by atoms with van der Waals surface area (Å²) in [5, 5.41) is 6.22. The van der Waals surface area contributed by atoms with E-state index in [4.69, 9.17) is 10.3 Å². The van der Waals surface area contributed by atoms with Crippen LogP contribution >= 0.6 is 12.4 Å². The monoisotopic (exact) mass is 352 g/mol. The van der Waals surface area contributed by atoms with Gasteiger partial charge in [-0.3, -0.25) is 9.59 Å². The topological polar surface area (TPSA) is 101 Å². The van der Waals surface area contributed by atoms with Crippen molar-refractivity contribution in [3.63, 3.8) is 0 Å². The Balaban J connectivity index is 0.00000288. The Morgan fingerprint density at radius 1 is 1.33 bits per heavy atom. The minimum absolute atomic E-state index is 0. The number of aromatic nitrogens is 1. The van der Waals surface area contributed by atoms with Crippen molar-refractivity contribution in [1.82, 2.24) is 10.1 Å². The molecule has 2 amide bonds. The number of carbonyl (C=O) groups excluding carboxylic acids is 2. The molecule has 0 bridgehead atoms. The first-order valence-corrected chi connectivity index (χ1v) is 7.23. The van der Waals surface area contributed by atoms with Crippen LogP contribution in [0.3, 0.4) is 0 Å². The van der Waals surface area contributed by atoms with Crippen molar-refractivity contribution in [3.05, 3.63) is 47.7 Å². The molecule has 7 nitrogen and oxygen atoms in total. The Morgan fingerprint density at radius 2 is 2.00 bits per heavy atom. The Bertz CT molecular complexity index is 675. The normalized spacial score (nSPS) is 11.3. The Hall–Kier alpha value is -2.38. The van der Waals surface area contributed by atoms with Crippen molar-refractivity contribution in [2.45, 2.75) is 19.4 Å². The lowest BCUT2D eigenvalue weighted by atomic mass is 10.1. The maximum Gasteiger partial charge on any atom is 0.245 e. The number of halogens is 1. The number of hydrogen-bond donors (Lipinski definition) is 2. The third kappa shape index (κ3) is 5.68. The molecule has 8 heteroatoms. The van der Waals surface area contributed by atoms with Crippen molar-refractivity contribution >= 4 is 30.0 Å². The fraction of sp³-hybridized carbons (Fsp3) is 0.312. The highest BCUT2D eigenvalue weighted by atomic mass is 35.5. The molecule has 1 heterocycles. The van der Waals surface area contributed by atoms with E-state index in [2.05, 4.69) is 10.5 Å². The predicted octanol–water partition coefficient (Wildman–Crippen LogP) is 1.37. The number of likely N-dealkylation sites (N-methyl/N-ethyl adjacent to an activating group) is 1. The third-order valence-electron chi connectivity index (χ3n) is 3.27. The second kappa shape index (κ2) is 9.05. The van der Waals surface area contributed by atoms with Crippen LogP contribution in [-0.4, -0.2) is 41.5 Å². The molecule has 0 aliphatic heterocycles. The number of carbonyl (C=O) groups is 2. The van der Waals surface area contributed by atoms with Crippen molar-refractivity contribution < 1.29 is 14.1 Å². The molecule has 3 N–H and O–H groups in total. The number of benzene rings is 1. The number of amides is 2. The van der Waals surface area contributed by atoms with Crippen molar-refractivity contribution in [1.29, 1.82) is 0 Å². The lowest BCUT2D eigenvalue weighted by molar-refractivity contribution is -0.134. The Labute approximate surface area is 146 Å². The van der Waals surface area contributed by atoms with E-state index in [0.717, 1.165) is 5.56 Å². The highest BCUT2D eigenvalue weighted by Crippen LogP contribution is 2.07. The van der Waals surface area contributed by atoms with Gasteiger partial charge in [0.15, 0.2) is 5.82 Å². The van der Waals surface area contributed by atoms with Gasteiger partial charge in [-0.25, -0.2) is 0 Å². The van der Waals surface area contributed by atoms with E-state index in [1.807, 2.05) is 30.3 Å². The second-order valence-corrected chi connectivity index (χ2v) is 5.36. The molecule has 24 heavy (non-hydrogen) atoms. The van der Waals surface area contributed by atoms with E-state index < -0.39 is 6.04 Å². The van der Waals surface area contributed by atoms with Gasteiger partial charge in [0.2, 0.25) is 11.8 Å². The number of nitrogens with zero attached hydrogens (tertiary/aromatic N) is 2. The van der Waals surface area contributed by atoms with E-state index in [-0.39, 0.29) is 30.8 Å². The van der Waals surface area contributed by atoms with Gasteiger partial charge >= 0.3 is 0 Å². The number of nitrogens with one attached hydrogen (secondary N) is 1. The molecule has 2 rings (SSSR count). The first-order chi connectivity index (χ1) is 11.0. The van der Waals surface area contributed by atoms with Crippen LogP contribution in [0.5, 0.6) is 0 Å². The molecule has 130 valence electrons. The molecule has 1 aromatic heterocycles. The van der Waals surface area contributed by atoms with Gasteiger partial charge in [0.05, 0.1) is 12.6 Å². The first-order valence-electron chi connectivity index (χ1n) is 7.23. The summed E-state index contributed by atoms with van der Waals surface area (Å²) in [5.41, 5.74) is 6.91. The molecule has 0 fully saturated rings. The molecule has 0 saturated carbocycles. The van der Waals surface area contributed by atoms with Crippen LogP contribution in [0.4, 0.5) is 5.82 Å². The number of nitrogens with two attached hydrogens (primary N) is 1. The van der Waals surface area contributed by atoms with Gasteiger partial charge in [-0.15, -0.1) is 12.4 Å². The van der Waals surface area contributed by atoms with Gasteiger partial charge in [-0.2, -0.15) is 0 Å². The predicted molar refractivity (Wildman–Crippen MR) is 92.9 cm³/mol. The van der Waals surface area contributed by atoms with Crippen LogP contribution in [0.2, 0.25) is 0 Å². The Morgan fingerprint density at radius 3 is 2.58 bits per heavy atom. The second-order valence-electron chi connectivity index (χ2n) is 5.36. The van der Waals surface area contributed by atoms with Gasteiger partial charge in [0.1, 0.15) is 5.76 Å². The van der Waals surface area contributed by atoms with Gasteiger partial charge in [0, 0.05) is 13.1 Å². The van der Waals surface area contributed by atoms with E-state index >= 15 is 0 Å². The fourth-order valence-corrected chi connectivity index (χ4v) is 2.14. The molecular formula is C16H21ClN4O3. The Kier molecular flexibility index (Phi) is 7.41. The first kappa shape index (κ1) is 19.7. The molecule has 2 aromatic rings. The fourth-order valence-electron chi connectivity index (χ4n) is 2.14. The van der Waals surface area contributed by atoms with Gasteiger partial charge in [-0.05, 0) is 18.9 Å². The number of anilines is 1. The van der Waals surface area contributed by atoms with Gasteiger partial charge in [-0.1, -0.05) is 35.5 Å². The van der Waals surface area contributed by atoms with Crippen LogP contribution in [-0.2, 0) is 16.0 Å². The maximum absolute atomic E-state index is 12.2. The molecule has 1 atom stereocenters. The average Bonchev–Trinajstić information content (AvgIpc) is 2.92. The van der Waals surface area contributed by atoms with Gasteiger partial charge in [0.25, 0.3) is 0 Å². The SMILES string of the molecule is Cc1cc(NC(=O)CN(C)C(=O)C(N)Cc2ccccc2)no1.Cl. The van der Waals surface area contributed by atoms with E-state index in [1.165, 1.54) is 4.90 Å². The molecule has 0 spiro atoms. The standard InChI is InChI=1S/C16H20N4O3.ClH/c1-11-8-14(19-23-11)18-15(21)10-20(2)16(22)13(17)9-12-6-4-3-5-7-12;/h3-8,13H,9-10,17H2,1-2H3,(H,18,19,21);1H.